The van der Waals surface area contributed by atoms with Gasteiger partial charge in [-0.05, 0) is 36.8 Å². The van der Waals surface area contributed by atoms with Gasteiger partial charge < -0.3 is 5.32 Å². The molecule has 2 aromatic rings. The van der Waals surface area contributed by atoms with Crippen molar-refractivity contribution in [2.24, 2.45) is 0 Å². The highest BCUT2D eigenvalue weighted by Crippen LogP contribution is 2.29. The number of hydrogen-bond acceptors (Lipinski definition) is 2. The van der Waals surface area contributed by atoms with E-state index in [9.17, 15) is 17.6 Å². The lowest BCUT2D eigenvalue weighted by Crippen LogP contribution is -2.19. The maximum absolute atomic E-state index is 12.8. The molecule has 0 amide bonds. The van der Waals surface area contributed by atoms with Crippen LogP contribution >= 0.6 is 0 Å². The van der Waals surface area contributed by atoms with Gasteiger partial charge in [0, 0.05) is 12.6 Å². The molecule has 0 spiro atoms. The second kappa shape index (κ2) is 6.22. The molecule has 112 valence electrons. The van der Waals surface area contributed by atoms with Crippen LogP contribution < -0.4 is 5.32 Å². The van der Waals surface area contributed by atoms with E-state index < -0.39 is 17.6 Å². The van der Waals surface area contributed by atoms with Crippen LogP contribution in [0.25, 0.3) is 0 Å². The Balaban J connectivity index is 1.95. The molecule has 2 rings (SSSR count). The van der Waals surface area contributed by atoms with Crippen LogP contribution in [-0.2, 0) is 12.7 Å². The van der Waals surface area contributed by atoms with Gasteiger partial charge in [-0.25, -0.2) is 4.39 Å². The normalized spacial score (nSPS) is 13.2. The van der Waals surface area contributed by atoms with Gasteiger partial charge in [-0.1, -0.05) is 12.1 Å². The van der Waals surface area contributed by atoms with E-state index in [1.165, 1.54) is 18.2 Å². The lowest BCUT2D eigenvalue weighted by molar-refractivity contribution is -0.137. The van der Waals surface area contributed by atoms with Crippen molar-refractivity contribution >= 4 is 0 Å². The average Bonchev–Trinajstić information content (AvgIpc) is 2.45. The van der Waals surface area contributed by atoms with Gasteiger partial charge >= 0.3 is 6.18 Å². The number of alkyl halides is 3. The second-order valence-electron chi connectivity index (χ2n) is 4.70. The third kappa shape index (κ3) is 4.26. The molecule has 0 fully saturated rings. The van der Waals surface area contributed by atoms with Gasteiger partial charge in [-0.15, -0.1) is 0 Å². The summed E-state index contributed by atoms with van der Waals surface area (Å²) in [6.07, 6.45) is -3.19. The van der Waals surface area contributed by atoms with E-state index in [0.29, 0.717) is 12.2 Å². The summed E-state index contributed by atoms with van der Waals surface area (Å²) in [5.74, 6) is -0.409. The first-order valence-corrected chi connectivity index (χ1v) is 6.37. The van der Waals surface area contributed by atoms with Crippen molar-refractivity contribution in [1.82, 2.24) is 10.3 Å². The molecule has 1 atom stereocenters. The maximum Gasteiger partial charge on any atom is 0.416 e. The standard InChI is InChI=1S/C15H14F4N2/c1-10(14-7-6-13(16)9-21-14)20-8-11-2-4-12(5-3-11)15(17,18)19/h2-7,9-10,20H,8H2,1H3. The SMILES string of the molecule is CC(NCc1ccc(C(F)(F)F)cc1)c1ccc(F)cn1. The zero-order valence-corrected chi connectivity index (χ0v) is 11.3. The quantitative estimate of drug-likeness (QED) is 0.860. The smallest absolute Gasteiger partial charge is 0.305 e. The zero-order chi connectivity index (χ0) is 15.5. The van der Waals surface area contributed by atoms with E-state index in [-0.39, 0.29) is 6.04 Å². The number of nitrogens with one attached hydrogen (secondary N) is 1. The van der Waals surface area contributed by atoms with Crippen molar-refractivity contribution in [3.63, 3.8) is 0 Å². The molecule has 0 bridgehead atoms. The van der Waals surface area contributed by atoms with E-state index in [0.717, 1.165) is 23.9 Å². The monoisotopic (exact) mass is 298 g/mol. The van der Waals surface area contributed by atoms with Crippen molar-refractivity contribution in [3.05, 3.63) is 65.2 Å². The first kappa shape index (κ1) is 15.4. The molecule has 0 saturated heterocycles. The summed E-state index contributed by atoms with van der Waals surface area (Å²) in [5, 5.41) is 3.13. The number of aromatic nitrogens is 1. The molecular formula is C15H14F4N2. The Hall–Kier alpha value is -1.95. The Morgan fingerprint density at radius 2 is 1.76 bits per heavy atom. The van der Waals surface area contributed by atoms with E-state index in [4.69, 9.17) is 0 Å². The molecule has 21 heavy (non-hydrogen) atoms. The molecule has 1 aromatic carbocycles. The van der Waals surface area contributed by atoms with Gasteiger partial charge in [0.15, 0.2) is 0 Å². The number of halogens is 4. The molecule has 0 saturated carbocycles. The third-order valence-corrected chi connectivity index (χ3v) is 3.09. The van der Waals surface area contributed by atoms with Crippen LogP contribution in [0, 0.1) is 5.82 Å². The highest BCUT2D eigenvalue weighted by atomic mass is 19.4. The van der Waals surface area contributed by atoms with E-state index in [1.54, 1.807) is 6.07 Å². The summed E-state index contributed by atoms with van der Waals surface area (Å²) in [6.45, 7) is 2.25. The fourth-order valence-electron chi connectivity index (χ4n) is 1.83. The van der Waals surface area contributed by atoms with Crippen LogP contribution in [-0.4, -0.2) is 4.98 Å². The molecule has 0 aliphatic carbocycles. The van der Waals surface area contributed by atoms with Crippen molar-refractivity contribution < 1.29 is 17.6 Å². The van der Waals surface area contributed by atoms with Crippen LogP contribution in [0.4, 0.5) is 17.6 Å². The van der Waals surface area contributed by atoms with Gasteiger partial charge in [0.1, 0.15) is 5.82 Å². The Bertz CT molecular complexity index is 576. The molecule has 1 heterocycles. The van der Waals surface area contributed by atoms with Crippen molar-refractivity contribution in [2.75, 3.05) is 0 Å². The summed E-state index contributed by atoms with van der Waals surface area (Å²) in [7, 11) is 0. The van der Waals surface area contributed by atoms with Crippen molar-refractivity contribution in [2.45, 2.75) is 25.7 Å². The van der Waals surface area contributed by atoms with Crippen LogP contribution in [0.15, 0.2) is 42.6 Å². The molecular weight excluding hydrogens is 284 g/mol. The maximum atomic E-state index is 12.8. The fourth-order valence-corrected chi connectivity index (χ4v) is 1.83. The van der Waals surface area contributed by atoms with Gasteiger partial charge in [-0.3, -0.25) is 4.98 Å². The minimum atomic E-state index is -4.32. The predicted molar refractivity (Wildman–Crippen MR) is 70.9 cm³/mol. The van der Waals surface area contributed by atoms with E-state index in [2.05, 4.69) is 10.3 Å². The highest BCUT2D eigenvalue weighted by Gasteiger charge is 2.29. The largest absolute Gasteiger partial charge is 0.416 e. The summed E-state index contributed by atoms with van der Waals surface area (Å²) in [5.41, 5.74) is 0.736. The second-order valence-corrected chi connectivity index (χ2v) is 4.70. The third-order valence-electron chi connectivity index (χ3n) is 3.09. The molecule has 1 aromatic heterocycles. The lowest BCUT2D eigenvalue weighted by atomic mass is 10.1. The predicted octanol–water partition coefficient (Wildman–Crippen LogP) is 4.09. The van der Waals surface area contributed by atoms with Crippen LogP contribution in [0.5, 0.6) is 0 Å². The number of hydrogen-bond donors (Lipinski definition) is 1. The van der Waals surface area contributed by atoms with Crippen LogP contribution in [0.2, 0.25) is 0 Å². The topological polar surface area (TPSA) is 24.9 Å². The zero-order valence-electron chi connectivity index (χ0n) is 11.3. The molecule has 1 unspecified atom stereocenters. The minimum absolute atomic E-state index is 0.132. The van der Waals surface area contributed by atoms with E-state index in [1.807, 2.05) is 6.92 Å². The van der Waals surface area contributed by atoms with Gasteiger partial charge in [0.2, 0.25) is 0 Å². The first-order chi connectivity index (χ1) is 9.86. The molecule has 0 radical (unpaired) electrons. The number of rotatable bonds is 4. The number of nitrogens with zero attached hydrogens (tertiary/aromatic N) is 1. The molecule has 2 nitrogen and oxygen atoms in total. The summed E-state index contributed by atoms with van der Waals surface area (Å²) >= 11 is 0. The molecule has 0 aliphatic heterocycles. The average molecular weight is 298 g/mol. The van der Waals surface area contributed by atoms with Gasteiger partial charge in [-0.2, -0.15) is 13.2 Å². The Kier molecular flexibility index (Phi) is 4.57. The van der Waals surface area contributed by atoms with Gasteiger partial charge in [0.25, 0.3) is 0 Å². The number of pyridine rings is 1. The Morgan fingerprint density at radius 3 is 2.29 bits per heavy atom. The lowest BCUT2D eigenvalue weighted by Gasteiger charge is -2.14. The van der Waals surface area contributed by atoms with E-state index >= 15 is 0 Å². The summed E-state index contributed by atoms with van der Waals surface area (Å²) in [4.78, 5) is 3.95. The Labute approximate surface area is 119 Å². The van der Waals surface area contributed by atoms with Crippen molar-refractivity contribution in [3.8, 4) is 0 Å². The first-order valence-electron chi connectivity index (χ1n) is 6.37. The highest BCUT2D eigenvalue weighted by molar-refractivity contribution is 5.24. The number of benzene rings is 1. The molecule has 0 aliphatic rings. The Morgan fingerprint density at radius 1 is 1.10 bits per heavy atom. The minimum Gasteiger partial charge on any atom is -0.305 e. The summed E-state index contributed by atoms with van der Waals surface area (Å²) in [6, 6.07) is 7.72. The van der Waals surface area contributed by atoms with Crippen LogP contribution in [0.3, 0.4) is 0 Å². The molecule has 6 heteroatoms. The molecule has 1 N–H and O–H groups in total. The summed E-state index contributed by atoms with van der Waals surface area (Å²) < 4.78 is 50.1. The fraction of sp³-hybridized carbons (Fsp3) is 0.267. The van der Waals surface area contributed by atoms with Gasteiger partial charge in [0.05, 0.1) is 17.5 Å². The van der Waals surface area contributed by atoms with Crippen molar-refractivity contribution in [1.29, 1.82) is 0 Å². The van der Waals surface area contributed by atoms with Crippen LogP contribution in [0.1, 0.15) is 29.8 Å².